The van der Waals surface area contributed by atoms with Crippen molar-refractivity contribution in [1.82, 2.24) is 9.78 Å². The summed E-state index contributed by atoms with van der Waals surface area (Å²) in [6, 6.07) is 4.44. The van der Waals surface area contributed by atoms with Gasteiger partial charge in [0, 0.05) is 23.9 Å². The van der Waals surface area contributed by atoms with Crippen LogP contribution in [0, 0.1) is 0 Å². The summed E-state index contributed by atoms with van der Waals surface area (Å²) in [6.45, 7) is 6.49. The van der Waals surface area contributed by atoms with Crippen LogP contribution in [0.1, 0.15) is 31.7 Å². The van der Waals surface area contributed by atoms with Crippen molar-refractivity contribution < 1.29 is 17.9 Å². The molecule has 0 saturated carbocycles. The molecule has 23 heavy (non-hydrogen) atoms. The molecule has 124 valence electrons. The molecule has 6 heteroatoms. The molecular weight excluding hydrogens is 305 g/mol. The highest BCUT2D eigenvalue weighted by Crippen LogP contribution is 2.34. The van der Waals surface area contributed by atoms with E-state index >= 15 is 0 Å². The van der Waals surface area contributed by atoms with Crippen molar-refractivity contribution in [2.45, 2.75) is 39.1 Å². The van der Waals surface area contributed by atoms with Crippen LogP contribution in [-0.4, -0.2) is 16.1 Å². The summed E-state index contributed by atoms with van der Waals surface area (Å²) >= 11 is 0. The summed E-state index contributed by atoms with van der Waals surface area (Å²) in [5.74, 6) is -0.240. The predicted molar refractivity (Wildman–Crippen MR) is 84.0 cm³/mol. The second kappa shape index (κ2) is 7.35. The van der Waals surface area contributed by atoms with Gasteiger partial charge >= 0.3 is 6.36 Å². The van der Waals surface area contributed by atoms with Gasteiger partial charge in [-0.05, 0) is 24.1 Å². The molecule has 0 atom stereocenters. The maximum Gasteiger partial charge on any atom is 0.573 e. The second-order valence-corrected chi connectivity index (χ2v) is 5.21. The Morgan fingerprint density at radius 3 is 2.74 bits per heavy atom. The van der Waals surface area contributed by atoms with E-state index in [2.05, 4.69) is 23.3 Å². The van der Waals surface area contributed by atoms with Gasteiger partial charge in [0.1, 0.15) is 5.75 Å². The lowest BCUT2D eigenvalue weighted by Crippen LogP contribution is -2.17. The minimum absolute atomic E-state index is 0.240. The number of nitrogens with zero attached hydrogens (tertiary/aromatic N) is 2. The van der Waals surface area contributed by atoms with E-state index in [0.29, 0.717) is 16.7 Å². The fraction of sp³-hybridized carbons (Fsp3) is 0.353. The summed E-state index contributed by atoms with van der Waals surface area (Å²) in [5.41, 5.74) is 1.65. The molecule has 0 aliphatic carbocycles. The van der Waals surface area contributed by atoms with E-state index in [4.69, 9.17) is 0 Å². The molecule has 0 radical (unpaired) electrons. The molecule has 3 nitrogen and oxygen atoms in total. The average Bonchev–Trinajstić information content (AvgIpc) is 2.95. The van der Waals surface area contributed by atoms with E-state index in [9.17, 15) is 13.2 Å². The van der Waals surface area contributed by atoms with Gasteiger partial charge in [-0.25, -0.2) is 0 Å². The molecule has 0 fully saturated rings. The molecule has 2 rings (SSSR count). The number of ether oxygens (including phenoxy) is 1. The molecule has 0 aliphatic heterocycles. The Kier molecular flexibility index (Phi) is 5.47. The first-order valence-corrected chi connectivity index (χ1v) is 7.48. The number of hydrogen-bond acceptors (Lipinski definition) is 2. The number of alkyl halides is 3. The number of unbranched alkanes of at least 4 members (excludes halogenated alkanes) is 2. The molecule has 0 bridgehead atoms. The number of aromatic nitrogens is 2. The molecule has 0 aliphatic rings. The maximum absolute atomic E-state index is 12.6. The molecule has 0 saturated heterocycles. The van der Waals surface area contributed by atoms with Crippen molar-refractivity contribution in [3.63, 3.8) is 0 Å². The topological polar surface area (TPSA) is 27.1 Å². The van der Waals surface area contributed by atoms with Crippen LogP contribution in [0.4, 0.5) is 13.2 Å². The fourth-order valence-corrected chi connectivity index (χ4v) is 2.26. The molecule has 0 spiro atoms. The fourth-order valence-electron chi connectivity index (χ4n) is 2.26. The SMILES string of the molecule is C=Cc1ccc(OC(F)(F)F)c(-c2cnn(CCCCC)c2)c1. The van der Waals surface area contributed by atoms with Crippen molar-refractivity contribution >= 4 is 6.08 Å². The minimum Gasteiger partial charge on any atom is -0.405 e. The number of aryl methyl sites for hydroxylation is 1. The Morgan fingerprint density at radius 2 is 2.09 bits per heavy atom. The largest absolute Gasteiger partial charge is 0.573 e. The lowest BCUT2D eigenvalue weighted by Gasteiger charge is -2.13. The highest BCUT2D eigenvalue weighted by Gasteiger charge is 2.32. The molecular formula is C17H19F3N2O. The van der Waals surface area contributed by atoms with Crippen LogP contribution in [0.25, 0.3) is 17.2 Å². The van der Waals surface area contributed by atoms with E-state index < -0.39 is 6.36 Å². The van der Waals surface area contributed by atoms with Gasteiger partial charge in [0.05, 0.1) is 6.20 Å². The van der Waals surface area contributed by atoms with Crippen LogP contribution < -0.4 is 4.74 Å². The van der Waals surface area contributed by atoms with Gasteiger partial charge in [-0.1, -0.05) is 38.5 Å². The Labute approximate surface area is 133 Å². The minimum atomic E-state index is -4.73. The highest BCUT2D eigenvalue weighted by atomic mass is 19.4. The number of hydrogen-bond donors (Lipinski definition) is 0. The molecule has 1 aromatic carbocycles. The lowest BCUT2D eigenvalue weighted by atomic mass is 10.0. The third kappa shape index (κ3) is 4.87. The molecule has 0 N–H and O–H groups in total. The van der Waals surface area contributed by atoms with E-state index in [-0.39, 0.29) is 5.75 Å². The van der Waals surface area contributed by atoms with Gasteiger partial charge in [0.15, 0.2) is 0 Å². The van der Waals surface area contributed by atoms with Crippen molar-refractivity contribution in [1.29, 1.82) is 0 Å². The van der Waals surface area contributed by atoms with Crippen LogP contribution in [0.15, 0.2) is 37.2 Å². The van der Waals surface area contributed by atoms with Gasteiger partial charge in [-0.3, -0.25) is 4.68 Å². The van der Waals surface area contributed by atoms with Crippen LogP contribution in [0.3, 0.4) is 0 Å². The summed E-state index contributed by atoms with van der Waals surface area (Å²) in [4.78, 5) is 0. The van der Waals surface area contributed by atoms with Gasteiger partial charge in [-0.15, -0.1) is 13.2 Å². The van der Waals surface area contributed by atoms with Gasteiger partial charge in [-0.2, -0.15) is 5.10 Å². The molecule has 0 amide bonds. The molecule has 0 unspecified atom stereocenters. The van der Waals surface area contributed by atoms with Crippen molar-refractivity contribution in [2.75, 3.05) is 0 Å². The Hall–Kier alpha value is -2.24. The molecule has 1 aromatic heterocycles. The predicted octanol–water partition coefficient (Wildman–Crippen LogP) is 5.28. The van der Waals surface area contributed by atoms with Gasteiger partial charge in [0.2, 0.25) is 0 Å². The Balaban J connectivity index is 2.30. The van der Waals surface area contributed by atoms with Gasteiger partial charge < -0.3 is 4.74 Å². The van der Waals surface area contributed by atoms with Crippen LogP contribution >= 0.6 is 0 Å². The summed E-state index contributed by atoms with van der Waals surface area (Å²) < 4.78 is 43.6. The summed E-state index contributed by atoms with van der Waals surface area (Å²) in [7, 11) is 0. The quantitative estimate of drug-likeness (QED) is 0.648. The standard InChI is InChI=1S/C17H19F3N2O/c1-3-5-6-9-22-12-14(11-21-22)15-10-13(4-2)7-8-16(15)23-17(18,19)20/h4,7-8,10-12H,2-3,5-6,9H2,1H3. The smallest absolute Gasteiger partial charge is 0.405 e. The monoisotopic (exact) mass is 324 g/mol. The van der Waals surface area contributed by atoms with Gasteiger partial charge in [0.25, 0.3) is 0 Å². The van der Waals surface area contributed by atoms with E-state index in [1.54, 1.807) is 29.2 Å². The Bertz CT molecular complexity index is 662. The first-order valence-electron chi connectivity index (χ1n) is 7.48. The number of halogens is 3. The normalized spacial score (nSPS) is 11.5. The van der Waals surface area contributed by atoms with E-state index in [1.807, 2.05) is 0 Å². The lowest BCUT2D eigenvalue weighted by molar-refractivity contribution is -0.274. The highest BCUT2D eigenvalue weighted by molar-refractivity contribution is 5.72. The van der Waals surface area contributed by atoms with Crippen LogP contribution in [-0.2, 0) is 6.54 Å². The van der Waals surface area contributed by atoms with Crippen LogP contribution in [0.2, 0.25) is 0 Å². The molecule has 2 aromatic rings. The summed E-state index contributed by atoms with van der Waals surface area (Å²) in [5, 5.41) is 4.21. The van der Waals surface area contributed by atoms with E-state index in [1.165, 1.54) is 12.1 Å². The second-order valence-electron chi connectivity index (χ2n) is 5.21. The zero-order valence-electron chi connectivity index (χ0n) is 12.9. The van der Waals surface area contributed by atoms with Crippen molar-refractivity contribution in [3.8, 4) is 16.9 Å². The zero-order chi connectivity index (χ0) is 16.9. The summed E-state index contributed by atoms with van der Waals surface area (Å²) in [6.07, 6.45) is 3.30. The van der Waals surface area contributed by atoms with E-state index in [0.717, 1.165) is 25.8 Å². The average molecular weight is 324 g/mol. The third-order valence-corrected chi connectivity index (χ3v) is 3.40. The number of benzene rings is 1. The Morgan fingerprint density at radius 1 is 1.30 bits per heavy atom. The zero-order valence-corrected chi connectivity index (χ0v) is 12.9. The molecule has 1 heterocycles. The third-order valence-electron chi connectivity index (χ3n) is 3.40. The van der Waals surface area contributed by atoms with Crippen molar-refractivity contribution in [3.05, 3.63) is 42.7 Å². The van der Waals surface area contributed by atoms with Crippen molar-refractivity contribution in [2.24, 2.45) is 0 Å². The number of rotatable bonds is 7. The first-order chi connectivity index (χ1) is 10.9. The maximum atomic E-state index is 12.6. The van der Waals surface area contributed by atoms with Crippen LogP contribution in [0.5, 0.6) is 5.75 Å². The first kappa shape index (κ1) is 17.1.